The van der Waals surface area contributed by atoms with Crippen molar-refractivity contribution < 1.29 is 23.9 Å². The molecule has 1 aromatic carbocycles. The first-order valence-corrected chi connectivity index (χ1v) is 7.88. The van der Waals surface area contributed by atoms with Gasteiger partial charge in [0.1, 0.15) is 12.1 Å². The molecular formula is C17H21N3O5. The van der Waals surface area contributed by atoms with Crippen molar-refractivity contribution in [1.82, 2.24) is 15.5 Å². The topological polar surface area (TPSA) is 105 Å². The van der Waals surface area contributed by atoms with E-state index in [1.54, 1.807) is 38.1 Å². The van der Waals surface area contributed by atoms with E-state index < -0.39 is 29.4 Å². The van der Waals surface area contributed by atoms with Crippen molar-refractivity contribution >= 4 is 23.8 Å². The van der Waals surface area contributed by atoms with Gasteiger partial charge in [-0.2, -0.15) is 0 Å². The minimum Gasteiger partial charge on any atom is -0.465 e. The standard InChI is InChI=1S/C17H21N3O5/c1-4-17(2)15(23)20(16(24)19-17)10-13(21)18-9-11-5-7-12(8-6-11)14(22)25-3/h5-8H,4,9-10H2,1-3H3,(H,18,21)(H,19,24). The molecule has 0 aromatic heterocycles. The third-order valence-electron chi connectivity index (χ3n) is 4.22. The lowest BCUT2D eigenvalue weighted by Crippen LogP contribution is -2.44. The number of rotatable bonds is 6. The highest BCUT2D eigenvalue weighted by Crippen LogP contribution is 2.20. The molecule has 8 heteroatoms. The van der Waals surface area contributed by atoms with Crippen molar-refractivity contribution in [2.45, 2.75) is 32.4 Å². The summed E-state index contributed by atoms with van der Waals surface area (Å²) in [7, 11) is 1.30. The molecule has 0 radical (unpaired) electrons. The summed E-state index contributed by atoms with van der Waals surface area (Å²) in [4.78, 5) is 48.4. The SMILES string of the molecule is CCC1(C)NC(=O)N(CC(=O)NCc2ccc(C(=O)OC)cc2)C1=O. The molecule has 1 saturated heterocycles. The molecule has 25 heavy (non-hydrogen) atoms. The molecule has 0 aliphatic carbocycles. The highest BCUT2D eigenvalue weighted by Gasteiger charge is 2.46. The number of nitrogens with one attached hydrogen (secondary N) is 2. The number of ether oxygens (including phenoxy) is 1. The molecular weight excluding hydrogens is 326 g/mol. The van der Waals surface area contributed by atoms with Gasteiger partial charge in [-0.3, -0.25) is 14.5 Å². The molecule has 8 nitrogen and oxygen atoms in total. The molecule has 1 aromatic rings. The summed E-state index contributed by atoms with van der Waals surface area (Å²) < 4.78 is 4.61. The predicted octanol–water partition coefficient (Wildman–Crippen LogP) is 0.810. The van der Waals surface area contributed by atoms with Crippen LogP contribution in [0.15, 0.2) is 24.3 Å². The van der Waals surface area contributed by atoms with Gasteiger partial charge in [0.2, 0.25) is 5.91 Å². The van der Waals surface area contributed by atoms with Crippen molar-refractivity contribution in [2.24, 2.45) is 0 Å². The maximum absolute atomic E-state index is 12.2. The molecule has 134 valence electrons. The maximum atomic E-state index is 12.2. The van der Waals surface area contributed by atoms with Crippen molar-refractivity contribution in [3.8, 4) is 0 Å². The van der Waals surface area contributed by atoms with Gasteiger partial charge in [-0.05, 0) is 31.0 Å². The minimum atomic E-state index is -0.957. The predicted molar refractivity (Wildman–Crippen MR) is 88.6 cm³/mol. The zero-order valence-corrected chi connectivity index (χ0v) is 14.4. The normalized spacial score (nSPS) is 19.6. The first-order chi connectivity index (χ1) is 11.8. The lowest BCUT2D eigenvalue weighted by molar-refractivity contribution is -0.134. The Morgan fingerprint density at radius 3 is 2.40 bits per heavy atom. The van der Waals surface area contributed by atoms with Gasteiger partial charge in [0.15, 0.2) is 0 Å². The fraction of sp³-hybridized carbons (Fsp3) is 0.412. The van der Waals surface area contributed by atoms with E-state index in [1.807, 2.05) is 0 Å². The second-order valence-corrected chi connectivity index (χ2v) is 5.97. The van der Waals surface area contributed by atoms with Crippen molar-refractivity contribution in [3.63, 3.8) is 0 Å². The number of amides is 4. The van der Waals surface area contributed by atoms with E-state index in [4.69, 9.17) is 0 Å². The van der Waals surface area contributed by atoms with E-state index in [2.05, 4.69) is 15.4 Å². The molecule has 1 fully saturated rings. The van der Waals surface area contributed by atoms with Crippen LogP contribution in [-0.4, -0.2) is 47.9 Å². The number of hydrogen-bond donors (Lipinski definition) is 2. The monoisotopic (exact) mass is 347 g/mol. The zero-order chi connectivity index (χ0) is 18.6. The van der Waals surface area contributed by atoms with Crippen LogP contribution in [0.2, 0.25) is 0 Å². The van der Waals surface area contributed by atoms with E-state index >= 15 is 0 Å². The number of carbonyl (C=O) groups excluding carboxylic acids is 4. The second kappa shape index (κ2) is 7.33. The summed E-state index contributed by atoms with van der Waals surface area (Å²) in [5, 5.41) is 5.24. The Balaban J connectivity index is 1.90. The molecule has 0 saturated carbocycles. The average Bonchev–Trinajstić information content (AvgIpc) is 2.83. The Morgan fingerprint density at radius 1 is 1.24 bits per heavy atom. The molecule has 0 bridgehead atoms. The Morgan fingerprint density at radius 2 is 1.88 bits per heavy atom. The summed E-state index contributed by atoms with van der Waals surface area (Å²) in [5.41, 5.74) is 0.230. The summed E-state index contributed by atoms with van der Waals surface area (Å²) in [6.45, 7) is 3.31. The number of carbonyl (C=O) groups is 4. The summed E-state index contributed by atoms with van der Waals surface area (Å²) in [6.07, 6.45) is 0.447. The van der Waals surface area contributed by atoms with Gasteiger partial charge in [0, 0.05) is 6.54 Å². The maximum Gasteiger partial charge on any atom is 0.337 e. The fourth-order valence-electron chi connectivity index (χ4n) is 2.41. The molecule has 1 unspecified atom stereocenters. The van der Waals surface area contributed by atoms with E-state index in [0.29, 0.717) is 12.0 Å². The van der Waals surface area contributed by atoms with Crippen LogP contribution in [0.5, 0.6) is 0 Å². The Labute approximate surface area is 145 Å². The Hall–Kier alpha value is -2.90. The molecule has 2 N–H and O–H groups in total. The van der Waals surface area contributed by atoms with Crippen molar-refractivity contribution in [3.05, 3.63) is 35.4 Å². The van der Waals surface area contributed by atoms with Gasteiger partial charge < -0.3 is 15.4 Å². The first-order valence-electron chi connectivity index (χ1n) is 7.88. The van der Waals surface area contributed by atoms with E-state index in [0.717, 1.165) is 10.5 Å². The van der Waals surface area contributed by atoms with Gasteiger partial charge in [-0.25, -0.2) is 9.59 Å². The van der Waals surface area contributed by atoms with Crippen LogP contribution in [0.25, 0.3) is 0 Å². The number of methoxy groups -OCH3 is 1. The van der Waals surface area contributed by atoms with Crippen molar-refractivity contribution in [2.75, 3.05) is 13.7 Å². The molecule has 1 heterocycles. The lowest BCUT2D eigenvalue weighted by atomic mass is 9.99. The highest BCUT2D eigenvalue weighted by molar-refractivity contribution is 6.08. The molecule has 1 atom stereocenters. The second-order valence-electron chi connectivity index (χ2n) is 5.97. The Bertz CT molecular complexity index is 701. The van der Waals surface area contributed by atoms with Gasteiger partial charge in [-0.15, -0.1) is 0 Å². The highest BCUT2D eigenvalue weighted by atomic mass is 16.5. The van der Waals surface area contributed by atoms with E-state index in [-0.39, 0.29) is 13.1 Å². The number of hydrogen-bond acceptors (Lipinski definition) is 5. The minimum absolute atomic E-state index is 0.217. The van der Waals surface area contributed by atoms with Crippen LogP contribution in [0.4, 0.5) is 4.79 Å². The molecule has 4 amide bonds. The average molecular weight is 347 g/mol. The van der Waals surface area contributed by atoms with Gasteiger partial charge >= 0.3 is 12.0 Å². The summed E-state index contributed by atoms with van der Waals surface area (Å²) in [6, 6.07) is 6.00. The van der Waals surface area contributed by atoms with Crippen LogP contribution < -0.4 is 10.6 Å². The third kappa shape index (κ3) is 3.96. The van der Waals surface area contributed by atoms with Gasteiger partial charge in [0.05, 0.1) is 12.7 Å². The van der Waals surface area contributed by atoms with Gasteiger partial charge in [-0.1, -0.05) is 19.1 Å². The number of esters is 1. The number of urea groups is 1. The van der Waals surface area contributed by atoms with Crippen LogP contribution in [-0.2, 0) is 20.9 Å². The van der Waals surface area contributed by atoms with Crippen LogP contribution in [0.3, 0.4) is 0 Å². The van der Waals surface area contributed by atoms with Crippen LogP contribution in [0.1, 0.15) is 36.2 Å². The zero-order valence-electron chi connectivity index (χ0n) is 14.4. The summed E-state index contributed by atoms with van der Waals surface area (Å²) in [5.74, 6) is -1.29. The third-order valence-corrected chi connectivity index (χ3v) is 4.22. The smallest absolute Gasteiger partial charge is 0.337 e. The van der Waals surface area contributed by atoms with E-state index in [9.17, 15) is 19.2 Å². The molecule has 0 spiro atoms. The number of benzene rings is 1. The van der Waals surface area contributed by atoms with Crippen LogP contribution >= 0.6 is 0 Å². The van der Waals surface area contributed by atoms with Crippen LogP contribution in [0, 0.1) is 0 Å². The quantitative estimate of drug-likeness (QED) is 0.585. The molecule has 1 aliphatic rings. The lowest BCUT2D eigenvalue weighted by Gasteiger charge is -2.19. The first kappa shape index (κ1) is 18.4. The number of imide groups is 1. The Kier molecular flexibility index (Phi) is 5.41. The fourth-order valence-corrected chi connectivity index (χ4v) is 2.41. The van der Waals surface area contributed by atoms with Gasteiger partial charge in [0.25, 0.3) is 5.91 Å². The summed E-state index contributed by atoms with van der Waals surface area (Å²) >= 11 is 0. The van der Waals surface area contributed by atoms with E-state index in [1.165, 1.54) is 7.11 Å². The van der Waals surface area contributed by atoms with Crippen molar-refractivity contribution in [1.29, 1.82) is 0 Å². The largest absolute Gasteiger partial charge is 0.465 e. The molecule has 1 aliphatic heterocycles. The number of nitrogens with zero attached hydrogens (tertiary/aromatic N) is 1. The molecule has 2 rings (SSSR count).